The number of carbonyl (C=O) groups excluding carboxylic acids is 2. The highest BCUT2D eigenvalue weighted by atomic mass is 16.2. The Morgan fingerprint density at radius 3 is 2.27 bits per heavy atom. The molecule has 0 fully saturated rings. The van der Waals surface area contributed by atoms with Crippen molar-refractivity contribution in [3.05, 3.63) is 59.2 Å². The fraction of sp³-hybridized carbons (Fsp3) is 0.222. The lowest BCUT2D eigenvalue weighted by Gasteiger charge is -2.10. The van der Waals surface area contributed by atoms with Gasteiger partial charge in [-0.25, -0.2) is 0 Å². The van der Waals surface area contributed by atoms with Crippen LogP contribution in [0.3, 0.4) is 0 Å². The van der Waals surface area contributed by atoms with Gasteiger partial charge >= 0.3 is 0 Å². The molecule has 22 heavy (non-hydrogen) atoms. The molecule has 0 heterocycles. The van der Waals surface area contributed by atoms with Crippen LogP contribution in [0.5, 0.6) is 0 Å². The largest absolute Gasteiger partial charge is 0.376 e. The van der Waals surface area contributed by atoms with Crippen LogP contribution in [-0.4, -0.2) is 18.2 Å². The Labute approximate surface area is 130 Å². The molecule has 114 valence electrons. The fourth-order valence-corrected chi connectivity index (χ4v) is 2.28. The lowest BCUT2D eigenvalue weighted by atomic mass is 10.1. The van der Waals surface area contributed by atoms with Crippen molar-refractivity contribution in [1.82, 2.24) is 0 Å². The van der Waals surface area contributed by atoms with E-state index in [0.717, 1.165) is 22.5 Å². The first-order valence-corrected chi connectivity index (χ1v) is 7.17. The zero-order valence-corrected chi connectivity index (χ0v) is 13.1. The molecule has 4 heteroatoms. The summed E-state index contributed by atoms with van der Waals surface area (Å²) in [5.41, 5.74) is 4.39. The summed E-state index contributed by atoms with van der Waals surface area (Å²) in [5.74, 6) is -0.124. The minimum Gasteiger partial charge on any atom is -0.376 e. The Morgan fingerprint density at radius 2 is 1.64 bits per heavy atom. The fourth-order valence-electron chi connectivity index (χ4n) is 2.28. The third kappa shape index (κ3) is 4.45. The Balaban J connectivity index is 1.95. The molecule has 0 radical (unpaired) electrons. The van der Waals surface area contributed by atoms with Gasteiger partial charge in [0, 0.05) is 16.9 Å². The molecule has 0 aliphatic rings. The van der Waals surface area contributed by atoms with E-state index in [9.17, 15) is 9.59 Å². The molecule has 0 aliphatic heterocycles. The van der Waals surface area contributed by atoms with E-state index in [1.165, 1.54) is 6.92 Å². The first-order valence-electron chi connectivity index (χ1n) is 7.17. The highest BCUT2D eigenvalue weighted by molar-refractivity contribution is 5.96. The third-order valence-corrected chi connectivity index (χ3v) is 3.23. The maximum atomic E-state index is 12.0. The molecular formula is C18H20N2O2. The number of benzene rings is 2. The van der Waals surface area contributed by atoms with Crippen molar-refractivity contribution in [1.29, 1.82) is 0 Å². The second-order valence-corrected chi connectivity index (χ2v) is 5.42. The highest BCUT2D eigenvalue weighted by Crippen LogP contribution is 2.14. The van der Waals surface area contributed by atoms with Gasteiger partial charge in [-0.15, -0.1) is 0 Å². The predicted octanol–water partition coefficient (Wildman–Crippen LogP) is 3.56. The van der Waals surface area contributed by atoms with Gasteiger partial charge in [-0.1, -0.05) is 18.2 Å². The molecule has 0 spiro atoms. The van der Waals surface area contributed by atoms with Crippen molar-refractivity contribution in [3.63, 3.8) is 0 Å². The third-order valence-electron chi connectivity index (χ3n) is 3.23. The molecule has 4 nitrogen and oxygen atoms in total. The zero-order valence-electron chi connectivity index (χ0n) is 13.1. The highest BCUT2D eigenvalue weighted by Gasteiger charge is 2.05. The first kappa shape index (κ1) is 15.8. The van der Waals surface area contributed by atoms with E-state index in [2.05, 4.69) is 16.7 Å². The maximum absolute atomic E-state index is 12.0. The van der Waals surface area contributed by atoms with Gasteiger partial charge in [0.15, 0.2) is 5.78 Å². The standard InChI is InChI=1S/C18H20N2O2/c1-12-7-13(2)9-17(8-12)20-18(22)11-19-16-6-4-5-15(10-16)14(3)21/h4-10,19H,11H2,1-3H3,(H,20,22). The smallest absolute Gasteiger partial charge is 0.243 e. The van der Waals surface area contributed by atoms with Crippen molar-refractivity contribution in [2.75, 3.05) is 17.2 Å². The molecule has 0 aliphatic carbocycles. The van der Waals surface area contributed by atoms with E-state index >= 15 is 0 Å². The number of aryl methyl sites for hydroxylation is 2. The lowest BCUT2D eigenvalue weighted by Crippen LogP contribution is -2.21. The predicted molar refractivity (Wildman–Crippen MR) is 89.5 cm³/mol. The average molecular weight is 296 g/mol. The summed E-state index contributed by atoms with van der Waals surface area (Å²) in [5, 5.41) is 5.89. The van der Waals surface area contributed by atoms with Crippen LogP contribution in [0.15, 0.2) is 42.5 Å². The molecule has 1 amide bonds. The van der Waals surface area contributed by atoms with Crippen LogP contribution in [-0.2, 0) is 4.79 Å². The number of hydrogen-bond acceptors (Lipinski definition) is 3. The number of carbonyl (C=O) groups is 2. The maximum Gasteiger partial charge on any atom is 0.243 e. The monoisotopic (exact) mass is 296 g/mol. The Hall–Kier alpha value is -2.62. The van der Waals surface area contributed by atoms with Gasteiger partial charge in [0.1, 0.15) is 0 Å². The van der Waals surface area contributed by atoms with Gasteiger partial charge in [0.2, 0.25) is 5.91 Å². The molecule has 0 saturated heterocycles. The van der Waals surface area contributed by atoms with Gasteiger partial charge in [-0.05, 0) is 56.2 Å². The van der Waals surface area contributed by atoms with Crippen LogP contribution >= 0.6 is 0 Å². The Morgan fingerprint density at radius 1 is 0.955 bits per heavy atom. The summed E-state index contributed by atoms with van der Waals surface area (Å²) in [4.78, 5) is 23.3. The van der Waals surface area contributed by atoms with Crippen LogP contribution in [0.25, 0.3) is 0 Å². The minimum atomic E-state index is -0.127. The molecule has 2 aromatic rings. The van der Waals surface area contributed by atoms with Crippen LogP contribution in [0.4, 0.5) is 11.4 Å². The van der Waals surface area contributed by atoms with E-state index < -0.39 is 0 Å². The number of rotatable bonds is 5. The van der Waals surface area contributed by atoms with E-state index in [0.29, 0.717) is 5.56 Å². The zero-order chi connectivity index (χ0) is 16.1. The minimum absolute atomic E-state index is 0.00309. The van der Waals surface area contributed by atoms with E-state index in [4.69, 9.17) is 0 Å². The molecule has 0 aromatic heterocycles. The van der Waals surface area contributed by atoms with Crippen LogP contribution < -0.4 is 10.6 Å². The summed E-state index contributed by atoms with van der Waals surface area (Å²) in [6.45, 7) is 5.66. The number of ketones is 1. The van der Waals surface area contributed by atoms with Crippen molar-refractivity contribution >= 4 is 23.1 Å². The van der Waals surface area contributed by atoms with Gasteiger partial charge in [-0.2, -0.15) is 0 Å². The second-order valence-electron chi connectivity index (χ2n) is 5.42. The molecule has 0 unspecified atom stereocenters. The number of anilines is 2. The van der Waals surface area contributed by atoms with Crippen LogP contribution in [0.2, 0.25) is 0 Å². The van der Waals surface area contributed by atoms with Crippen molar-refractivity contribution in [2.45, 2.75) is 20.8 Å². The van der Waals surface area contributed by atoms with Crippen molar-refractivity contribution in [3.8, 4) is 0 Å². The molecule has 0 atom stereocenters. The molecule has 0 saturated carbocycles. The molecule has 2 rings (SSSR count). The first-order chi connectivity index (χ1) is 10.4. The Kier molecular flexibility index (Phi) is 4.94. The van der Waals surface area contributed by atoms with E-state index in [1.54, 1.807) is 18.2 Å². The average Bonchev–Trinajstić information content (AvgIpc) is 2.44. The number of nitrogens with one attached hydrogen (secondary N) is 2. The van der Waals surface area contributed by atoms with E-state index in [1.807, 2.05) is 32.0 Å². The lowest BCUT2D eigenvalue weighted by molar-refractivity contribution is -0.114. The summed E-state index contributed by atoms with van der Waals surface area (Å²) in [6.07, 6.45) is 0. The molecule has 2 aromatic carbocycles. The molecular weight excluding hydrogens is 276 g/mol. The van der Waals surface area contributed by atoms with Crippen LogP contribution in [0.1, 0.15) is 28.4 Å². The van der Waals surface area contributed by atoms with E-state index in [-0.39, 0.29) is 18.2 Å². The number of Topliss-reactive ketones (excluding diaryl/α,β-unsaturated/α-hetero) is 1. The summed E-state index contributed by atoms with van der Waals surface area (Å²) < 4.78 is 0. The van der Waals surface area contributed by atoms with Gasteiger partial charge < -0.3 is 10.6 Å². The number of amides is 1. The molecule has 2 N–H and O–H groups in total. The Bertz CT molecular complexity index is 688. The second kappa shape index (κ2) is 6.89. The summed E-state index contributed by atoms with van der Waals surface area (Å²) in [7, 11) is 0. The number of hydrogen-bond donors (Lipinski definition) is 2. The van der Waals surface area contributed by atoms with Gasteiger partial charge in [0.25, 0.3) is 0 Å². The van der Waals surface area contributed by atoms with Gasteiger partial charge in [0.05, 0.1) is 6.54 Å². The van der Waals surface area contributed by atoms with Crippen molar-refractivity contribution < 1.29 is 9.59 Å². The van der Waals surface area contributed by atoms with Crippen LogP contribution in [0, 0.1) is 13.8 Å². The summed E-state index contributed by atoms with van der Waals surface area (Å²) in [6, 6.07) is 13.0. The summed E-state index contributed by atoms with van der Waals surface area (Å²) >= 11 is 0. The van der Waals surface area contributed by atoms with Gasteiger partial charge in [-0.3, -0.25) is 9.59 Å². The molecule has 0 bridgehead atoms. The normalized spacial score (nSPS) is 10.1. The topological polar surface area (TPSA) is 58.2 Å². The van der Waals surface area contributed by atoms with Crippen molar-refractivity contribution in [2.24, 2.45) is 0 Å². The SMILES string of the molecule is CC(=O)c1cccc(NCC(=O)Nc2cc(C)cc(C)c2)c1. The quantitative estimate of drug-likeness (QED) is 0.829.